The third-order valence-corrected chi connectivity index (χ3v) is 2.52. The minimum absolute atomic E-state index is 0.276. The van der Waals surface area contributed by atoms with Crippen molar-refractivity contribution in [1.29, 1.82) is 0 Å². The first kappa shape index (κ1) is 14.0. The molecule has 18 heavy (non-hydrogen) atoms. The van der Waals surface area contributed by atoms with Crippen molar-refractivity contribution in [3.8, 4) is 0 Å². The molecule has 0 unspecified atom stereocenters. The van der Waals surface area contributed by atoms with Gasteiger partial charge >= 0.3 is 12.0 Å². The highest BCUT2D eigenvalue weighted by molar-refractivity contribution is 5.96. The van der Waals surface area contributed by atoms with Crippen LogP contribution in [-0.4, -0.2) is 25.7 Å². The van der Waals surface area contributed by atoms with E-state index >= 15 is 0 Å². The topological polar surface area (TPSA) is 67.4 Å². The van der Waals surface area contributed by atoms with Crippen molar-refractivity contribution >= 4 is 17.7 Å². The lowest BCUT2D eigenvalue weighted by atomic mass is 10.1. The van der Waals surface area contributed by atoms with Crippen LogP contribution in [0.4, 0.5) is 10.5 Å². The Hall–Kier alpha value is -2.04. The lowest BCUT2D eigenvalue weighted by molar-refractivity contribution is 0.0600. The Morgan fingerprint density at radius 1 is 1.33 bits per heavy atom. The molecule has 0 aliphatic carbocycles. The summed E-state index contributed by atoms with van der Waals surface area (Å²) in [7, 11) is 1.33. The fraction of sp³-hybridized carbons (Fsp3) is 0.385. The summed E-state index contributed by atoms with van der Waals surface area (Å²) >= 11 is 0. The predicted molar refractivity (Wildman–Crippen MR) is 69.8 cm³/mol. The predicted octanol–water partition coefficient (Wildman–Crippen LogP) is 2.31. The van der Waals surface area contributed by atoms with Crippen LogP contribution in [0.15, 0.2) is 18.2 Å². The van der Waals surface area contributed by atoms with Crippen LogP contribution in [0.3, 0.4) is 0 Å². The molecule has 0 heterocycles. The maximum Gasteiger partial charge on any atom is 0.338 e. The van der Waals surface area contributed by atoms with Gasteiger partial charge < -0.3 is 15.4 Å². The third kappa shape index (κ3) is 3.48. The number of hydrogen-bond acceptors (Lipinski definition) is 3. The van der Waals surface area contributed by atoms with E-state index < -0.39 is 5.97 Å². The molecule has 2 amide bonds. The number of methoxy groups -OCH3 is 1. The molecule has 0 aliphatic heterocycles. The second kappa shape index (κ2) is 6.64. The number of hydrogen-bond donors (Lipinski definition) is 2. The van der Waals surface area contributed by atoms with Gasteiger partial charge in [-0.05, 0) is 31.0 Å². The van der Waals surface area contributed by atoms with Crippen molar-refractivity contribution in [1.82, 2.24) is 5.32 Å². The first-order valence-corrected chi connectivity index (χ1v) is 5.83. The van der Waals surface area contributed by atoms with E-state index in [1.807, 2.05) is 6.92 Å². The lowest BCUT2D eigenvalue weighted by Gasteiger charge is -2.11. The number of urea groups is 1. The molecule has 0 spiro atoms. The smallest absolute Gasteiger partial charge is 0.338 e. The van der Waals surface area contributed by atoms with Crippen LogP contribution in [-0.2, 0) is 4.74 Å². The molecule has 98 valence electrons. The van der Waals surface area contributed by atoms with Gasteiger partial charge in [-0.3, -0.25) is 0 Å². The molecule has 0 aromatic heterocycles. The van der Waals surface area contributed by atoms with Crippen molar-refractivity contribution in [2.24, 2.45) is 0 Å². The molecule has 5 nitrogen and oxygen atoms in total. The Morgan fingerprint density at radius 3 is 2.67 bits per heavy atom. The zero-order chi connectivity index (χ0) is 13.5. The highest BCUT2D eigenvalue weighted by Crippen LogP contribution is 2.19. The van der Waals surface area contributed by atoms with Crippen LogP contribution in [0.5, 0.6) is 0 Å². The van der Waals surface area contributed by atoms with Gasteiger partial charge in [0.05, 0.1) is 12.7 Å². The second-order valence-corrected chi connectivity index (χ2v) is 3.85. The normalized spacial score (nSPS) is 9.72. The van der Waals surface area contributed by atoms with Gasteiger partial charge in [-0.15, -0.1) is 0 Å². The Labute approximate surface area is 107 Å². The minimum atomic E-state index is -0.412. The molecule has 5 heteroatoms. The molecule has 1 aromatic rings. The summed E-state index contributed by atoms with van der Waals surface area (Å²) in [6.07, 6.45) is 0.870. The van der Waals surface area contributed by atoms with Gasteiger partial charge in [-0.1, -0.05) is 13.0 Å². The molecule has 0 aliphatic rings. The van der Waals surface area contributed by atoms with E-state index in [0.717, 1.165) is 6.42 Å². The maximum atomic E-state index is 11.5. The number of anilines is 1. The summed E-state index contributed by atoms with van der Waals surface area (Å²) in [6.45, 7) is 4.35. The molecular weight excluding hydrogens is 232 g/mol. The van der Waals surface area contributed by atoms with Crippen LogP contribution in [0, 0.1) is 6.92 Å². The van der Waals surface area contributed by atoms with Crippen molar-refractivity contribution in [2.45, 2.75) is 20.3 Å². The second-order valence-electron chi connectivity index (χ2n) is 3.85. The zero-order valence-electron chi connectivity index (χ0n) is 10.9. The lowest BCUT2D eigenvalue weighted by Crippen LogP contribution is -2.29. The SMILES string of the molecule is CCCNC(=O)Nc1cccc(C(=O)OC)c1C. The Morgan fingerprint density at radius 2 is 2.06 bits per heavy atom. The Kier molecular flexibility index (Phi) is 5.17. The molecule has 1 aromatic carbocycles. The number of esters is 1. The van der Waals surface area contributed by atoms with E-state index in [-0.39, 0.29) is 6.03 Å². The molecule has 0 saturated heterocycles. The highest BCUT2D eigenvalue weighted by atomic mass is 16.5. The number of carbonyl (C=O) groups is 2. The first-order chi connectivity index (χ1) is 8.60. The number of ether oxygens (including phenoxy) is 1. The summed E-state index contributed by atoms with van der Waals surface area (Å²) in [5.41, 5.74) is 1.74. The van der Waals surface area contributed by atoms with E-state index in [1.165, 1.54) is 7.11 Å². The van der Waals surface area contributed by atoms with Crippen LogP contribution in [0.2, 0.25) is 0 Å². The van der Waals surface area contributed by atoms with Gasteiger partial charge in [0, 0.05) is 12.2 Å². The van der Waals surface area contributed by atoms with Crippen LogP contribution in [0.1, 0.15) is 29.3 Å². The Bertz CT molecular complexity index is 444. The Balaban J connectivity index is 2.84. The molecule has 0 radical (unpaired) electrons. The summed E-state index contributed by atoms with van der Waals surface area (Å²) in [5, 5.41) is 5.41. The summed E-state index contributed by atoms with van der Waals surface area (Å²) in [4.78, 5) is 23.0. The fourth-order valence-electron chi connectivity index (χ4n) is 1.51. The van der Waals surface area contributed by atoms with Crippen molar-refractivity contribution in [2.75, 3.05) is 19.0 Å². The quantitative estimate of drug-likeness (QED) is 0.806. The largest absolute Gasteiger partial charge is 0.465 e. The van der Waals surface area contributed by atoms with Crippen LogP contribution in [0.25, 0.3) is 0 Å². The number of nitrogens with one attached hydrogen (secondary N) is 2. The first-order valence-electron chi connectivity index (χ1n) is 5.83. The molecule has 0 fully saturated rings. The molecule has 0 atom stereocenters. The van der Waals surface area contributed by atoms with Gasteiger partial charge in [0.25, 0.3) is 0 Å². The van der Waals surface area contributed by atoms with Crippen molar-refractivity contribution < 1.29 is 14.3 Å². The fourth-order valence-corrected chi connectivity index (χ4v) is 1.51. The monoisotopic (exact) mass is 250 g/mol. The van der Waals surface area contributed by atoms with E-state index in [1.54, 1.807) is 25.1 Å². The average Bonchev–Trinajstić information content (AvgIpc) is 2.38. The number of amides is 2. The van der Waals surface area contributed by atoms with Crippen LogP contribution < -0.4 is 10.6 Å². The molecule has 0 saturated carbocycles. The van der Waals surface area contributed by atoms with Crippen molar-refractivity contribution in [3.63, 3.8) is 0 Å². The zero-order valence-corrected chi connectivity index (χ0v) is 10.9. The summed E-state index contributed by atoms with van der Waals surface area (Å²) in [6, 6.07) is 4.83. The third-order valence-electron chi connectivity index (χ3n) is 2.52. The standard InChI is InChI=1S/C13H18N2O3/c1-4-8-14-13(17)15-11-7-5-6-10(9(11)2)12(16)18-3/h5-7H,4,8H2,1-3H3,(H2,14,15,17). The van der Waals surface area contributed by atoms with Gasteiger partial charge in [-0.25, -0.2) is 9.59 Å². The van der Waals surface area contributed by atoms with E-state index in [2.05, 4.69) is 15.4 Å². The van der Waals surface area contributed by atoms with Gasteiger partial charge in [0.2, 0.25) is 0 Å². The average molecular weight is 250 g/mol. The molecule has 1 rings (SSSR count). The van der Waals surface area contributed by atoms with Crippen LogP contribution >= 0.6 is 0 Å². The minimum Gasteiger partial charge on any atom is -0.465 e. The summed E-state index contributed by atoms with van der Waals surface area (Å²) < 4.78 is 4.67. The number of carbonyl (C=O) groups excluding carboxylic acids is 2. The van der Waals surface area contributed by atoms with Gasteiger partial charge in [-0.2, -0.15) is 0 Å². The number of rotatable bonds is 4. The maximum absolute atomic E-state index is 11.5. The van der Waals surface area contributed by atoms with E-state index in [9.17, 15) is 9.59 Å². The molecular formula is C13H18N2O3. The number of benzene rings is 1. The van der Waals surface area contributed by atoms with E-state index in [4.69, 9.17) is 0 Å². The van der Waals surface area contributed by atoms with Gasteiger partial charge in [0.15, 0.2) is 0 Å². The van der Waals surface area contributed by atoms with Gasteiger partial charge in [0.1, 0.15) is 0 Å². The van der Waals surface area contributed by atoms with E-state index in [0.29, 0.717) is 23.4 Å². The molecule has 0 bridgehead atoms. The molecule has 2 N–H and O–H groups in total. The van der Waals surface area contributed by atoms with Crippen molar-refractivity contribution in [3.05, 3.63) is 29.3 Å². The highest BCUT2D eigenvalue weighted by Gasteiger charge is 2.12. The summed E-state index contributed by atoms with van der Waals surface area (Å²) in [5.74, 6) is -0.412.